The van der Waals surface area contributed by atoms with Crippen LogP contribution >= 0.6 is 15.9 Å². The van der Waals surface area contributed by atoms with E-state index in [0.29, 0.717) is 5.69 Å². The summed E-state index contributed by atoms with van der Waals surface area (Å²) in [5.41, 5.74) is 2.30. The molecule has 5 nitrogen and oxygen atoms in total. The van der Waals surface area contributed by atoms with E-state index in [-0.39, 0.29) is 18.0 Å². The molecule has 0 unspecified atom stereocenters. The van der Waals surface area contributed by atoms with Crippen molar-refractivity contribution in [3.8, 4) is 0 Å². The standard InChI is InChI=1S/C23H22BrFN2O3S/c1-17-3-5-18(6-4-17)15-27(31(29,30)22-13-7-19(24)8-14-22)16-23(28)26(2)21-11-9-20(25)10-12-21/h3-14H,15-16H2,1-2H3. The van der Waals surface area contributed by atoms with Gasteiger partial charge in [-0.1, -0.05) is 45.8 Å². The molecule has 0 atom stereocenters. The Kier molecular flexibility index (Phi) is 7.25. The quantitative estimate of drug-likeness (QED) is 0.466. The molecule has 162 valence electrons. The fourth-order valence-electron chi connectivity index (χ4n) is 2.94. The van der Waals surface area contributed by atoms with Crippen LogP contribution in [0.1, 0.15) is 11.1 Å². The van der Waals surface area contributed by atoms with Crippen LogP contribution in [0.5, 0.6) is 0 Å². The number of sulfonamides is 1. The average Bonchev–Trinajstić information content (AvgIpc) is 2.75. The van der Waals surface area contributed by atoms with E-state index in [1.807, 2.05) is 31.2 Å². The van der Waals surface area contributed by atoms with Gasteiger partial charge in [0.05, 0.1) is 11.4 Å². The van der Waals surface area contributed by atoms with Gasteiger partial charge in [-0.2, -0.15) is 4.31 Å². The largest absolute Gasteiger partial charge is 0.314 e. The summed E-state index contributed by atoms with van der Waals surface area (Å²) in [6.45, 7) is 1.63. The third-order valence-corrected chi connectivity index (χ3v) is 7.17. The number of nitrogens with zero attached hydrogens (tertiary/aromatic N) is 2. The van der Waals surface area contributed by atoms with E-state index in [1.54, 1.807) is 12.1 Å². The second-order valence-corrected chi connectivity index (χ2v) is 10.00. The van der Waals surface area contributed by atoms with Gasteiger partial charge in [0.25, 0.3) is 0 Å². The first-order valence-corrected chi connectivity index (χ1v) is 11.7. The maximum atomic E-state index is 13.3. The number of carbonyl (C=O) groups excluding carboxylic acids is 1. The third kappa shape index (κ3) is 5.78. The number of anilines is 1. The van der Waals surface area contributed by atoms with Crippen LogP contribution < -0.4 is 4.90 Å². The highest BCUT2D eigenvalue weighted by Gasteiger charge is 2.28. The number of amides is 1. The van der Waals surface area contributed by atoms with Gasteiger partial charge < -0.3 is 4.90 Å². The molecule has 3 aromatic rings. The Labute approximate surface area is 190 Å². The van der Waals surface area contributed by atoms with Crippen molar-refractivity contribution in [2.24, 2.45) is 0 Å². The number of likely N-dealkylation sites (N-methyl/N-ethyl adjacent to an activating group) is 1. The Morgan fingerprint density at radius 3 is 2.10 bits per heavy atom. The van der Waals surface area contributed by atoms with Gasteiger partial charge in [-0.3, -0.25) is 4.79 Å². The summed E-state index contributed by atoms with van der Waals surface area (Å²) < 4.78 is 41.8. The Bertz CT molecular complexity index is 1150. The molecule has 0 aliphatic carbocycles. The predicted molar refractivity (Wildman–Crippen MR) is 123 cm³/mol. The zero-order valence-corrected chi connectivity index (χ0v) is 19.5. The van der Waals surface area contributed by atoms with Crippen molar-refractivity contribution in [1.29, 1.82) is 0 Å². The summed E-state index contributed by atoms with van der Waals surface area (Å²) in [6.07, 6.45) is 0. The topological polar surface area (TPSA) is 57.7 Å². The van der Waals surface area contributed by atoms with Crippen LogP contribution in [0.25, 0.3) is 0 Å². The van der Waals surface area contributed by atoms with Crippen LogP contribution in [0.15, 0.2) is 82.2 Å². The molecule has 1 amide bonds. The van der Waals surface area contributed by atoms with Crippen LogP contribution in [0, 0.1) is 12.7 Å². The minimum Gasteiger partial charge on any atom is -0.314 e. The van der Waals surface area contributed by atoms with Crippen LogP contribution in [-0.4, -0.2) is 32.2 Å². The van der Waals surface area contributed by atoms with E-state index >= 15 is 0 Å². The highest BCUT2D eigenvalue weighted by Crippen LogP contribution is 2.22. The SMILES string of the molecule is Cc1ccc(CN(CC(=O)N(C)c2ccc(F)cc2)S(=O)(=O)c2ccc(Br)cc2)cc1. The summed E-state index contributed by atoms with van der Waals surface area (Å²) in [5.74, 6) is -0.845. The van der Waals surface area contributed by atoms with Gasteiger partial charge in [0.2, 0.25) is 15.9 Å². The van der Waals surface area contributed by atoms with Crippen LogP contribution in [0.3, 0.4) is 0 Å². The van der Waals surface area contributed by atoms with Crippen molar-refractivity contribution in [1.82, 2.24) is 4.31 Å². The van der Waals surface area contributed by atoms with Crippen molar-refractivity contribution in [2.45, 2.75) is 18.4 Å². The van der Waals surface area contributed by atoms with Crippen LogP contribution in [0.2, 0.25) is 0 Å². The van der Waals surface area contributed by atoms with Gasteiger partial charge in [-0.15, -0.1) is 0 Å². The Morgan fingerprint density at radius 1 is 0.935 bits per heavy atom. The molecule has 0 aliphatic heterocycles. The summed E-state index contributed by atoms with van der Waals surface area (Å²) in [6, 6.07) is 19.2. The van der Waals surface area contributed by atoms with Crippen molar-refractivity contribution in [3.63, 3.8) is 0 Å². The van der Waals surface area contributed by atoms with Crippen LogP contribution in [-0.2, 0) is 21.4 Å². The monoisotopic (exact) mass is 504 g/mol. The lowest BCUT2D eigenvalue weighted by Gasteiger charge is -2.25. The predicted octanol–water partition coefficient (Wildman–Crippen LogP) is 4.75. The lowest BCUT2D eigenvalue weighted by Crippen LogP contribution is -2.41. The molecule has 0 radical (unpaired) electrons. The molecule has 8 heteroatoms. The number of hydrogen-bond donors (Lipinski definition) is 0. The highest BCUT2D eigenvalue weighted by atomic mass is 79.9. The molecule has 3 rings (SSSR count). The molecule has 0 N–H and O–H groups in total. The average molecular weight is 505 g/mol. The molecule has 0 saturated heterocycles. The Morgan fingerprint density at radius 2 is 1.52 bits per heavy atom. The molecule has 0 heterocycles. The second-order valence-electron chi connectivity index (χ2n) is 7.14. The van der Waals surface area contributed by atoms with Crippen molar-refractivity contribution in [2.75, 3.05) is 18.5 Å². The lowest BCUT2D eigenvalue weighted by molar-refractivity contribution is -0.118. The van der Waals surface area contributed by atoms with E-state index < -0.39 is 21.7 Å². The van der Waals surface area contributed by atoms with E-state index in [9.17, 15) is 17.6 Å². The smallest absolute Gasteiger partial charge is 0.243 e. The van der Waals surface area contributed by atoms with Gasteiger partial charge in [-0.05, 0) is 61.0 Å². The maximum Gasteiger partial charge on any atom is 0.243 e. The van der Waals surface area contributed by atoms with Gasteiger partial charge in [0.1, 0.15) is 5.82 Å². The van der Waals surface area contributed by atoms with Gasteiger partial charge in [0, 0.05) is 23.8 Å². The number of carbonyl (C=O) groups is 1. The Hall–Kier alpha value is -2.55. The number of aryl methyl sites for hydroxylation is 1. The summed E-state index contributed by atoms with van der Waals surface area (Å²) in [7, 11) is -2.41. The van der Waals surface area contributed by atoms with E-state index in [4.69, 9.17) is 0 Å². The molecular weight excluding hydrogens is 483 g/mol. The fourth-order valence-corrected chi connectivity index (χ4v) is 4.59. The van der Waals surface area contributed by atoms with E-state index in [1.165, 1.54) is 48.3 Å². The van der Waals surface area contributed by atoms with Crippen molar-refractivity contribution in [3.05, 3.63) is 94.2 Å². The second kappa shape index (κ2) is 9.72. The first-order valence-electron chi connectivity index (χ1n) is 9.50. The molecule has 31 heavy (non-hydrogen) atoms. The summed E-state index contributed by atoms with van der Waals surface area (Å²) in [4.78, 5) is 14.3. The molecule has 0 spiro atoms. The van der Waals surface area contributed by atoms with Crippen molar-refractivity contribution < 1.29 is 17.6 Å². The first kappa shape index (κ1) is 23.1. The molecule has 3 aromatic carbocycles. The minimum absolute atomic E-state index is 0.0433. The molecule has 0 saturated carbocycles. The number of hydrogen-bond acceptors (Lipinski definition) is 3. The van der Waals surface area contributed by atoms with Crippen LogP contribution in [0.4, 0.5) is 10.1 Å². The van der Waals surface area contributed by atoms with E-state index in [0.717, 1.165) is 19.9 Å². The molecule has 0 aromatic heterocycles. The Balaban J connectivity index is 1.90. The van der Waals surface area contributed by atoms with Crippen molar-refractivity contribution >= 4 is 37.5 Å². The molecular formula is C23H22BrFN2O3S. The summed E-state index contributed by atoms with van der Waals surface area (Å²) in [5, 5.41) is 0. The number of benzene rings is 3. The van der Waals surface area contributed by atoms with Gasteiger partial charge >= 0.3 is 0 Å². The maximum absolute atomic E-state index is 13.3. The first-order chi connectivity index (χ1) is 14.7. The summed E-state index contributed by atoms with van der Waals surface area (Å²) >= 11 is 3.30. The van der Waals surface area contributed by atoms with Gasteiger partial charge in [-0.25, -0.2) is 12.8 Å². The zero-order chi connectivity index (χ0) is 22.6. The lowest BCUT2D eigenvalue weighted by atomic mass is 10.1. The highest BCUT2D eigenvalue weighted by molar-refractivity contribution is 9.10. The molecule has 0 aliphatic rings. The zero-order valence-electron chi connectivity index (χ0n) is 17.1. The number of halogens is 2. The minimum atomic E-state index is -3.94. The molecule has 0 fully saturated rings. The van der Waals surface area contributed by atoms with E-state index in [2.05, 4.69) is 15.9 Å². The molecule has 0 bridgehead atoms. The number of rotatable bonds is 7. The normalized spacial score (nSPS) is 11.5. The fraction of sp³-hybridized carbons (Fsp3) is 0.174. The third-order valence-electron chi connectivity index (χ3n) is 4.83. The van der Waals surface area contributed by atoms with Gasteiger partial charge in [0.15, 0.2) is 0 Å².